The predicted molar refractivity (Wildman–Crippen MR) is 166 cm³/mol. The SMILES string of the molecule is CC(COC(=O)Nc1cccc2c1C(=O)N(C1CCC(=O)NC1=O)C2=O)SSC(C)CC(=O)N(CC(=O)O)Cc1ccccc1. The van der Waals surface area contributed by atoms with Crippen molar-refractivity contribution in [2.75, 3.05) is 18.5 Å². The number of carbonyl (C=O) groups is 7. The van der Waals surface area contributed by atoms with E-state index in [0.717, 1.165) is 10.5 Å². The molecular weight excluding hydrogens is 624 g/mol. The van der Waals surface area contributed by atoms with Crippen LogP contribution < -0.4 is 10.6 Å². The minimum atomic E-state index is -1.13. The van der Waals surface area contributed by atoms with E-state index in [1.165, 1.54) is 44.7 Å². The first-order chi connectivity index (χ1) is 21.4. The molecule has 0 bridgehead atoms. The zero-order chi connectivity index (χ0) is 32.7. The number of fused-ring (bicyclic) bond motifs is 1. The van der Waals surface area contributed by atoms with E-state index in [-0.39, 0.29) is 65.6 Å². The van der Waals surface area contributed by atoms with Crippen molar-refractivity contribution in [2.24, 2.45) is 0 Å². The number of anilines is 1. The molecule has 3 unspecified atom stereocenters. The van der Waals surface area contributed by atoms with E-state index in [9.17, 15) is 38.7 Å². The molecule has 238 valence electrons. The molecule has 2 heterocycles. The molecule has 6 amide bonds. The largest absolute Gasteiger partial charge is 0.480 e. The quantitative estimate of drug-likeness (QED) is 0.213. The van der Waals surface area contributed by atoms with Crippen molar-refractivity contribution < 1.29 is 43.4 Å². The van der Waals surface area contributed by atoms with E-state index in [1.54, 1.807) is 0 Å². The minimum absolute atomic E-state index is 0.00634. The van der Waals surface area contributed by atoms with Crippen molar-refractivity contribution in [2.45, 2.75) is 56.2 Å². The molecule has 2 aliphatic rings. The van der Waals surface area contributed by atoms with Gasteiger partial charge in [0, 0.05) is 29.9 Å². The number of nitrogens with zero attached hydrogens (tertiary/aromatic N) is 2. The van der Waals surface area contributed by atoms with Crippen LogP contribution in [-0.4, -0.2) is 86.2 Å². The molecular formula is C30H32N4O9S2. The highest BCUT2D eigenvalue weighted by atomic mass is 33.1. The Hall–Kier alpha value is -4.37. The van der Waals surface area contributed by atoms with Gasteiger partial charge < -0.3 is 14.7 Å². The number of rotatable bonds is 13. The zero-order valence-corrected chi connectivity index (χ0v) is 26.2. The normalized spacial score (nSPS) is 17.3. The molecule has 0 aromatic heterocycles. The first kappa shape index (κ1) is 33.5. The van der Waals surface area contributed by atoms with Crippen LogP contribution in [0.3, 0.4) is 0 Å². The van der Waals surface area contributed by atoms with Crippen LogP contribution in [0.15, 0.2) is 48.5 Å². The van der Waals surface area contributed by atoms with Gasteiger partial charge in [-0.2, -0.15) is 0 Å². The van der Waals surface area contributed by atoms with Crippen LogP contribution in [0.2, 0.25) is 0 Å². The van der Waals surface area contributed by atoms with Crippen molar-refractivity contribution in [3.05, 3.63) is 65.2 Å². The number of nitrogens with one attached hydrogen (secondary N) is 2. The Morgan fingerprint density at radius 2 is 1.73 bits per heavy atom. The van der Waals surface area contributed by atoms with E-state index in [0.29, 0.717) is 0 Å². The average Bonchev–Trinajstić information content (AvgIpc) is 3.25. The Balaban J connectivity index is 1.26. The zero-order valence-electron chi connectivity index (χ0n) is 24.5. The summed E-state index contributed by atoms with van der Waals surface area (Å²) in [6.45, 7) is 3.45. The Bertz CT molecular complexity index is 1500. The third-order valence-electron chi connectivity index (χ3n) is 6.90. The van der Waals surface area contributed by atoms with Gasteiger partial charge in [0.1, 0.15) is 19.2 Å². The third kappa shape index (κ3) is 8.63. The third-order valence-corrected chi connectivity index (χ3v) is 10.3. The lowest BCUT2D eigenvalue weighted by atomic mass is 10.0. The van der Waals surface area contributed by atoms with Gasteiger partial charge in [-0.3, -0.25) is 44.3 Å². The molecule has 15 heteroatoms. The van der Waals surface area contributed by atoms with Crippen LogP contribution in [0.25, 0.3) is 0 Å². The maximum absolute atomic E-state index is 13.2. The number of amides is 6. The summed E-state index contributed by atoms with van der Waals surface area (Å²) in [5.41, 5.74) is 0.838. The van der Waals surface area contributed by atoms with Gasteiger partial charge in [0.15, 0.2) is 0 Å². The van der Waals surface area contributed by atoms with Crippen molar-refractivity contribution in [3.8, 4) is 0 Å². The second-order valence-corrected chi connectivity index (χ2v) is 13.7. The van der Waals surface area contributed by atoms with Crippen LogP contribution in [0.4, 0.5) is 10.5 Å². The lowest BCUT2D eigenvalue weighted by Gasteiger charge is -2.27. The molecule has 45 heavy (non-hydrogen) atoms. The fourth-order valence-corrected chi connectivity index (χ4v) is 7.01. The molecule has 0 aliphatic carbocycles. The summed E-state index contributed by atoms with van der Waals surface area (Å²) in [4.78, 5) is 88.9. The molecule has 3 N–H and O–H groups in total. The van der Waals surface area contributed by atoms with Gasteiger partial charge in [-0.15, -0.1) is 0 Å². The Labute approximate surface area is 266 Å². The number of aliphatic carboxylic acids is 1. The molecule has 1 saturated heterocycles. The smallest absolute Gasteiger partial charge is 0.411 e. The highest BCUT2D eigenvalue weighted by Gasteiger charge is 2.45. The van der Waals surface area contributed by atoms with Gasteiger partial charge in [-0.25, -0.2) is 4.79 Å². The van der Waals surface area contributed by atoms with Crippen molar-refractivity contribution in [1.29, 1.82) is 0 Å². The highest BCUT2D eigenvalue weighted by molar-refractivity contribution is 8.77. The summed E-state index contributed by atoms with van der Waals surface area (Å²) in [6.07, 6.45) is -0.736. The molecule has 13 nitrogen and oxygen atoms in total. The minimum Gasteiger partial charge on any atom is -0.480 e. The van der Waals surface area contributed by atoms with Crippen molar-refractivity contribution >= 4 is 68.9 Å². The fourth-order valence-electron chi connectivity index (χ4n) is 4.78. The number of ether oxygens (including phenoxy) is 1. The summed E-state index contributed by atoms with van der Waals surface area (Å²) in [7, 11) is 2.81. The number of piperidine rings is 1. The number of hydrogen-bond donors (Lipinski definition) is 3. The van der Waals surface area contributed by atoms with Gasteiger partial charge in [-0.1, -0.05) is 64.9 Å². The molecule has 4 rings (SSSR count). The topological polar surface area (TPSA) is 179 Å². The monoisotopic (exact) mass is 656 g/mol. The number of imide groups is 2. The van der Waals surface area contributed by atoms with Gasteiger partial charge in [-0.05, 0) is 31.0 Å². The molecule has 2 aromatic carbocycles. The summed E-state index contributed by atoms with van der Waals surface area (Å²) < 4.78 is 5.33. The number of carboxylic acids is 1. The summed E-state index contributed by atoms with van der Waals surface area (Å²) in [5, 5.41) is 13.6. The molecule has 1 fully saturated rings. The maximum atomic E-state index is 13.2. The van der Waals surface area contributed by atoms with E-state index < -0.39 is 48.3 Å². The van der Waals surface area contributed by atoms with E-state index >= 15 is 0 Å². The van der Waals surface area contributed by atoms with Crippen LogP contribution in [0.1, 0.15) is 59.4 Å². The second-order valence-electron chi connectivity index (χ2n) is 10.5. The number of carboxylic acid groups (broad SMARTS) is 1. The second kappa shape index (κ2) is 15.1. The molecule has 3 atom stereocenters. The summed E-state index contributed by atoms with van der Waals surface area (Å²) in [6, 6.07) is 12.4. The van der Waals surface area contributed by atoms with Crippen molar-refractivity contribution in [1.82, 2.24) is 15.1 Å². The van der Waals surface area contributed by atoms with Crippen LogP contribution >= 0.6 is 21.6 Å². The van der Waals surface area contributed by atoms with Gasteiger partial charge in [0.2, 0.25) is 17.7 Å². The predicted octanol–water partition coefficient (Wildman–Crippen LogP) is 3.30. The Morgan fingerprint density at radius 1 is 1.02 bits per heavy atom. The van der Waals surface area contributed by atoms with Crippen LogP contribution in [0, 0.1) is 0 Å². The Morgan fingerprint density at radius 3 is 2.42 bits per heavy atom. The molecule has 0 radical (unpaired) electrons. The maximum Gasteiger partial charge on any atom is 0.411 e. The van der Waals surface area contributed by atoms with E-state index in [2.05, 4.69) is 10.6 Å². The molecule has 2 aliphatic heterocycles. The van der Waals surface area contributed by atoms with Crippen LogP contribution in [-0.2, 0) is 30.5 Å². The molecule has 0 saturated carbocycles. The standard InChI is InChI=1S/C30H32N4O9S2/c1-17(13-24(36)33(15-25(37)38)14-19-7-4-3-5-8-19)44-45-18(2)16-43-30(42)31-21-10-6-9-20-26(21)29(41)34(28(20)40)22-11-12-23(35)32-27(22)39/h3-10,17-18,22H,11-16H2,1-2H3,(H,31,42)(H,37,38)(H,32,35,39). The number of hydrogen-bond acceptors (Lipinski definition) is 10. The summed E-state index contributed by atoms with van der Waals surface area (Å²) >= 11 is 0. The Kier molecular flexibility index (Phi) is 11.2. The van der Waals surface area contributed by atoms with Crippen molar-refractivity contribution in [3.63, 3.8) is 0 Å². The lowest BCUT2D eigenvalue weighted by molar-refractivity contribution is -0.144. The number of carbonyl (C=O) groups excluding carboxylic acids is 6. The highest BCUT2D eigenvalue weighted by Crippen LogP contribution is 2.34. The summed E-state index contributed by atoms with van der Waals surface area (Å²) in [5.74, 6) is -4.04. The first-order valence-electron chi connectivity index (χ1n) is 14.1. The molecule has 2 aromatic rings. The van der Waals surface area contributed by atoms with E-state index in [4.69, 9.17) is 4.74 Å². The fraction of sp³-hybridized carbons (Fsp3) is 0.367. The number of benzene rings is 2. The average molecular weight is 657 g/mol. The molecule has 0 spiro atoms. The van der Waals surface area contributed by atoms with Crippen LogP contribution in [0.5, 0.6) is 0 Å². The van der Waals surface area contributed by atoms with Gasteiger partial charge in [0.25, 0.3) is 11.8 Å². The van der Waals surface area contributed by atoms with Gasteiger partial charge in [0.05, 0.1) is 16.8 Å². The lowest BCUT2D eigenvalue weighted by Crippen LogP contribution is -2.54. The van der Waals surface area contributed by atoms with E-state index in [1.807, 2.05) is 44.2 Å². The van der Waals surface area contributed by atoms with Gasteiger partial charge >= 0.3 is 12.1 Å². The first-order valence-corrected chi connectivity index (χ1v) is 16.4.